The summed E-state index contributed by atoms with van der Waals surface area (Å²) >= 11 is 0. The Labute approximate surface area is 198 Å². The van der Waals surface area contributed by atoms with Crippen LogP contribution < -0.4 is 0 Å². The molecule has 1 aliphatic rings. The highest BCUT2D eigenvalue weighted by atomic mass is 32.2. The monoisotopic (exact) mass is 468 g/mol. The highest BCUT2D eigenvalue weighted by Gasteiger charge is 2.41. The molecule has 4 nitrogen and oxygen atoms in total. The number of allylic oxidation sites excluding steroid dienone is 2. The van der Waals surface area contributed by atoms with Gasteiger partial charge in [0.15, 0.2) is 15.6 Å². The molecule has 0 saturated heterocycles. The van der Waals surface area contributed by atoms with Gasteiger partial charge in [-0.1, -0.05) is 63.1 Å². The lowest BCUT2D eigenvalue weighted by Gasteiger charge is -2.37. The van der Waals surface area contributed by atoms with Gasteiger partial charge in [-0.15, -0.1) is 0 Å². The third-order valence-corrected chi connectivity index (χ3v) is 9.06. The third-order valence-electron chi connectivity index (χ3n) is 6.94. The summed E-state index contributed by atoms with van der Waals surface area (Å²) in [5.74, 6) is -0.341. The second-order valence-corrected chi connectivity index (χ2v) is 12.1. The largest absolute Gasteiger partial charge is 0.512 e. The van der Waals surface area contributed by atoms with Gasteiger partial charge < -0.3 is 5.11 Å². The number of aliphatic hydroxyl groups excluding tert-OH is 1. The summed E-state index contributed by atoms with van der Waals surface area (Å²) in [7, 11) is -3.52. The van der Waals surface area contributed by atoms with Crippen LogP contribution in [0.3, 0.4) is 0 Å². The lowest BCUT2D eigenvalue weighted by molar-refractivity contribution is -0.116. The molecule has 0 spiro atoms. The van der Waals surface area contributed by atoms with Crippen LogP contribution in [0.1, 0.15) is 68.4 Å². The Morgan fingerprint density at radius 1 is 0.939 bits per heavy atom. The maximum absolute atomic E-state index is 13.4. The van der Waals surface area contributed by atoms with Crippen LogP contribution in [0.4, 0.5) is 0 Å². The van der Waals surface area contributed by atoms with Crippen molar-refractivity contribution in [3.63, 3.8) is 0 Å². The SMILES string of the molecule is CCc1cc(C)cc(CC)c1C1=C(O)CC(C(C)(C)CS(=O)(=O)c2ccc(C)cc2)CC1=O. The molecule has 2 aromatic carbocycles. The van der Waals surface area contributed by atoms with Gasteiger partial charge in [0, 0.05) is 12.8 Å². The van der Waals surface area contributed by atoms with Crippen LogP contribution in [0.2, 0.25) is 0 Å². The second-order valence-electron chi connectivity index (χ2n) is 10.1. The van der Waals surface area contributed by atoms with E-state index in [1.807, 2.05) is 27.7 Å². The number of aryl methyl sites for hydroxylation is 4. The minimum absolute atomic E-state index is 0.0748. The predicted octanol–water partition coefficient (Wildman–Crippen LogP) is 6.18. The summed E-state index contributed by atoms with van der Waals surface area (Å²) < 4.78 is 26.2. The molecule has 0 radical (unpaired) electrons. The summed E-state index contributed by atoms with van der Waals surface area (Å²) in [5.41, 5.74) is 4.92. The Balaban J connectivity index is 1.95. The van der Waals surface area contributed by atoms with Gasteiger partial charge in [-0.05, 0) is 66.8 Å². The van der Waals surface area contributed by atoms with Gasteiger partial charge in [-0.3, -0.25) is 4.79 Å². The Bertz CT molecular complexity index is 1160. The van der Waals surface area contributed by atoms with Crippen LogP contribution in [0.25, 0.3) is 5.57 Å². The fourth-order valence-electron chi connectivity index (χ4n) is 4.99. The third kappa shape index (κ3) is 5.24. The van der Waals surface area contributed by atoms with Gasteiger partial charge in [0.1, 0.15) is 5.76 Å². The molecular weight excluding hydrogens is 432 g/mol. The van der Waals surface area contributed by atoms with E-state index in [4.69, 9.17) is 0 Å². The summed E-state index contributed by atoms with van der Waals surface area (Å²) in [6.45, 7) is 11.9. The van der Waals surface area contributed by atoms with Crippen molar-refractivity contribution in [2.45, 2.75) is 72.1 Å². The first kappa shape index (κ1) is 25.2. The molecule has 1 N–H and O–H groups in total. The van der Waals surface area contributed by atoms with Crippen molar-refractivity contribution in [2.75, 3.05) is 5.75 Å². The number of sulfone groups is 1. The molecule has 0 saturated carbocycles. The summed E-state index contributed by atoms with van der Waals surface area (Å²) in [6.07, 6.45) is 2.09. The zero-order valence-electron chi connectivity index (χ0n) is 20.7. The average molecular weight is 469 g/mol. The standard InChI is InChI=1S/C28H36O4S/c1-7-20-13-19(4)14-21(8-2)26(20)27-24(29)15-22(16-25(27)30)28(5,6)17-33(31,32)23-11-9-18(3)10-12-23/h9-14,22,29H,7-8,15-17H2,1-6H3. The van der Waals surface area contributed by atoms with Crippen molar-refractivity contribution in [1.29, 1.82) is 0 Å². The van der Waals surface area contributed by atoms with Crippen LogP contribution in [0.15, 0.2) is 47.1 Å². The van der Waals surface area contributed by atoms with E-state index < -0.39 is 15.3 Å². The van der Waals surface area contributed by atoms with Crippen LogP contribution in [-0.2, 0) is 27.5 Å². The second kappa shape index (κ2) is 9.46. The molecule has 5 heteroatoms. The first-order chi connectivity index (χ1) is 15.4. The molecule has 0 aromatic heterocycles. The molecule has 1 aliphatic carbocycles. The van der Waals surface area contributed by atoms with Gasteiger partial charge in [0.05, 0.1) is 16.2 Å². The van der Waals surface area contributed by atoms with Crippen molar-refractivity contribution < 1.29 is 18.3 Å². The zero-order valence-corrected chi connectivity index (χ0v) is 21.5. The number of hydrogen-bond donors (Lipinski definition) is 1. The maximum Gasteiger partial charge on any atom is 0.178 e. The molecule has 3 rings (SSSR count). The highest BCUT2D eigenvalue weighted by molar-refractivity contribution is 7.91. The van der Waals surface area contributed by atoms with Crippen molar-refractivity contribution in [2.24, 2.45) is 11.3 Å². The van der Waals surface area contributed by atoms with Crippen LogP contribution in [0.5, 0.6) is 0 Å². The van der Waals surface area contributed by atoms with Crippen molar-refractivity contribution >= 4 is 21.2 Å². The minimum Gasteiger partial charge on any atom is -0.512 e. The molecule has 2 aromatic rings. The van der Waals surface area contributed by atoms with E-state index in [1.54, 1.807) is 24.3 Å². The average Bonchev–Trinajstić information content (AvgIpc) is 2.73. The van der Waals surface area contributed by atoms with E-state index >= 15 is 0 Å². The van der Waals surface area contributed by atoms with E-state index in [0.29, 0.717) is 16.9 Å². The molecule has 0 heterocycles. The smallest absolute Gasteiger partial charge is 0.178 e. The number of hydrogen-bond acceptors (Lipinski definition) is 4. The molecule has 178 valence electrons. The van der Waals surface area contributed by atoms with E-state index in [0.717, 1.165) is 40.7 Å². The van der Waals surface area contributed by atoms with Crippen molar-refractivity contribution in [3.8, 4) is 0 Å². The number of carbonyl (C=O) groups excluding carboxylic acids is 1. The topological polar surface area (TPSA) is 71.4 Å². The fraction of sp³-hybridized carbons (Fsp3) is 0.464. The lowest BCUT2D eigenvalue weighted by Crippen LogP contribution is -2.36. The fourth-order valence-corrected chi connectivity index (χ4v) is 6.92. The van der Waals surface area contributed by atoms with Crippen LogP contribution >= 0.6 is 0 Å². The molecule has 0 aliphatic heterocycles. The van der Waals surface area contributed by atoms with Gasteiger partial charge in [-0.2, -0.15) is 0 Å². The number of ketones is 1. The Kier molecular flexibility index (Phi) is 7.23. The van der Waals surface area contributed by atoms with Gasteiger partial charge in [0.25, 0.3) is 0 Å². The molecule has 0 bridgehead atoms. The van der Waals surface area contributed by atoms with E-state index in [2.05, 4.69) is 26.0 Å². The number of carbonyl (C=O) groups is 1. The Morgan fingerprint density at radius 3 is 1.97 bits per heavy atom. The van der Waals surface area contributed by atoms with E-state index in [1.165, 1.54) is 0 Å². The van der Waals surface area contributed by atoms with Gasteiger partial charge in [0.2, 0.25) is 0 Å². The first-order valence-corrected chi connectivity index (χ1v) is 13.4. The minimum atomic E-state index is -3.52. The highest BCUT2D eigenvalue weighted by Crippen LogP contribution is 2.44. The Morgan fingerprint density at radius 2 is 1.48 bits per heavy atom. The molecular formula is C28H36O4S. The lowest BCUT2D eigenvalue weighted by atomic mass is 9.70. The van der Waals surface area contributed by atoms with Crippen molar-refractivity contribution in [3.05, 3.63) is 70.0 Å². The number of aliphatic hydroxyl groups is 1. The molecule has 33 heavy (non-hydrogen) atoms. The first-order valence-electron chi connectivity index (χ1n) is 11.8. The van der Waals surface area contributed by atoms with E-state index in [-0.39, 0.29) is 29.6 Å². The van der Waals surface area contributed by atoms with Gasteiger partial charge >= 0.3 is 0 Å². The molecule has 1 unspecified atom stereocenters. The van der Waals surface area contributed by atoms with Crippen LogP contribution in [0, 0.1) is 25.2 Å². The van der Waals surface area contributed by atoms with Gasteiger partial charge in [-0.25, -0.2) is 8.42 Å². The Hall–Kier alpha value is -2.40. The van der Waals surface area contributed by atoms with E-state index in [9.17, 15) is 18.3 Å². The zero-order chi connectivity index (χ0) is 24.6. The van der Waals surface area contributed by atoms with Crippen molar-refractivity contribution in [1.82, 2.24) is 0 Å². The molecule has 0 amide bonds. The summed E-state index contributed by atoms with van der Waals surface area (Å²) in [4.78, 5) is 13.7. The quantitative estimate of drug-likeness (QED) is 0.527. The number of rotatable bonds is 7. The summed E-state index contributed by atoms with van der Waals surface area (Å²) in [5, 5.41) is 11.1. The molecule has 0 fully saturated rings. The molecule has 1 atom stereocenters. The number of Topliss-reactive ketones (excluding diaryl/α,β-unsaturated/α-hetero) is 1. The summed E-state index contributed by atoms with van der Waals surface area (Å²) in [6, 6.07) is 11.0. The normalized spacial score (nSPS) is 17.5. The number of benzene rings is 2. The maximum atomic E-state index is 13.4. The predicted molar refractivity (Wildman–Crippen MR) is 134 cm³/mol. The van der Waals surface area contributed by atoms with Crippen LogP contribution in [-0.4, -0.2) is 25.1 Å².